The molecule has 0 saturated heterocycles. The lowest BCUT2D eigenvalue weighted by Gasteiger charge is -1.84. The van der Waals surface area contributed by atoms with Crippen molar-refractivity contribution in [3.63, 3.8) is 0 Å². The fourth-order valence-corrected chi connectivity index (χ4v) is 0.131. The van der Waals surface area contributed by atoms with Gasteiger partial charge in [0.1, 0.15) is 0 Å². The molecule has 0 bridgehead atoms. The molecule has 0 aliphatic rings. The first kappa shape index (κ1) is 5.95. The summed E-state index contributed by atoms with van der Waals surface area (Å²) in [4.78, 5) is 10.2. The second-order valence-electron chi connectivity index (χ2n) is 1.09. The van der Waals surface area contributed by atoms with Crippen molar-refractivity contribution in [3.8, 4) is 0 Å². The lowest BCUT2D eigenvalue weighted by molar-refractivity contribution is -0.111. The molecule has 0 saturated carbocycles. The number of rotatable bonds is 2. The second kappa shape index (κ2) is 2.18. The van der Waals surface area contributed by atoms with Gasteiger partial charge in [-0.25, -0.2) is 0 Å². The molecule has 0 amide bonds. The van der Waals surface area contributed by atoms with Gasteiger partial charge in [0.25, 0.3) is 0 Å². The van der Waals surface area contributed by atoms with Crippen LogP contribution in [0.4, 0.5) is 0 Å². The van der Waals surface area contributed by atoms with Crippen molar-refractivity contribution in [2.75, 3.05) is 0 Å². The molecule has 0 atom stereocenters. The minimum atomic E-state index is -0.306. The Bertz CT molecular complexity index is 115. The van der Waals surface area contributed by atoms with Crippen LogP contribution in [0.1, 0.15) is 0 Å². The van der Waals surface area contributed by atoms with Gasteiger partial charge in [-0.15, -0.1) is 0 Å². The van der Waals surface area contributed by atoms with E-state index in [-0.39, 0.29) is 11.5 Å². The van der Waals surface area contributed by atoms with Crippen molar-refractivity contribution in [1.29, 1.82) is 0 Å². The van der Waals surface area contributed by atoms with E-state index >= 15 is 0 Å². The highest BCUT2D eigenvalue weighted by Gasteiger charge is 1.90. The lowest BCUT2D eigenvalue weighted by atomic mass is 10.3. The second-order valence-corrected chi connectivity index (χ2v) is 1.09. The summed E-state index contributed by atoms with van der Waals surface area (Å²) >= 11 is 0. The van der Waals surface area contributed by atoms with Crippen LogP contribution in [0.25, 0.3) is 0 Å². The average Bonchev–Trinajstić information content (AvgIpc) is 1.65. The van der Waals surface area contributed by atoms with Crippen molar-refractivity contribution in [3.05, 3.63) is 24.9 Å². The molecule has 7 heavy (non-hydrogen) atoms. The molecule has 0 fully saturated rings. The van der Waals surface area contributed by atoms with Gasteiger partial charge in [-0.3, -0.25) is 4.79 Å². The van der Waals surface area contributed by atoms with E-state index in [1.54, 1.807) is 0 Å². The summed E-state index contributed by atoms with van der Waals surface area (Å²) < 4.78 is 0. The first-order valence-electron chi connectivity index (χ1n) is 1.79. The predicted octanol–water partition coefficient (Wildman–Crippen LogP) is 0.214. The lowest BCUT2D eigenvalue weighted by Crippen LogP contribution is -2.05. The van der Waals surface area contributed by atoms with Gasteiger partial charge in [0, 0.05) is 0 Å². The molecule has 0 radical (unpaired) electrons. The number of carbonyl (C=O) groups is 1. The Labute approximate surface area is 42.3 Å². The average molecular weight is 97.1 g/mol. The maximum atomic E-state index is 10.2. The molecule has 0 aromatic heterocycles. The van der Waals surface area contributed by atoms with Crippen LogP contribution in [0, 0.1) is 0 Å². The van der Waals surface area contributed by atoms with E-state index in [9.17, 15) is 4.79 Å². The Balaban J connectivity index is 3.81. The molecule has 0 unspecified atom stereocenters. The number of nitrogens with two attached hydrogens (primary N) is 1. The van der Waals surface area contributed by atoms with Gasteiger partial charge in [-0.2, -0.15) is 0 Å². The molecular formula is C5H7NO. The van der Waals surface area contributed by atoms with Gasteiger partial charge in [-0.05, 0) is 6.08 Å². The summed E-state index contributed by atoms with van der Waals surface area (Å²) in [5.74, 6) is -0.306. The largest absolute Gasteiger partial charge is 0.396 e. The van der Waals surface area contributed by atoms with E-state index in [4.69, 9.17) is 5.73 Å². The predicted molar refractivity (Wildman–Crippen MR) is 28.5 cm³/mol. The third-order valence-electron chi connectivity index (χ3n) is 0.502. The number of hydrogen-bond acceptors (Lipinski definition) is 2. The third-order valence-corrected chi connectivity index (χ3v) is 0.502. The van der Waals surface area contributed by atoms with Crippen LogP contribution < -0.4 is 5.73 Å². The highest BCUT2D eigenvalue weighted by Crippen LogP contribution is 1.78. The van der Waals surface area contributed by atoms with Gasteiger partial charge < -0.3 is 5.73 Å². The summed E-state index contributed by atoms with van der Waals surface area (Å²) in [7, 11) is 0. The monoisotopic (exact) mass is 97.1 g/mol. The standard InChI is InChI=1S/C5H7NO/c1-3-5(7)4(2)6/h3H,1-2,6H2. The van der Waals surface area contributed by atoms with E-state index < -0.39 is 0 Å². The van der Waals surface area contributed by atoms with Gasteiger partial charge in [0.2, 0.25) is 0 Å². The summed E-state index contributed by atoms with van der Waals surface area (Å²) in [6.07, 6.45) is 1.13. The van der Waals surface area contributed by atoms with E-state index in [2.05, 4.69) is 13.2 Å². The van der Waals surface area contributed by atoms with Crippen LogP contribution >= 0.6 is 0 Å². The molecule has 38 valence electrons. The molecule has 2 nitrogen and oxygen atoms in total. The quantitative estimate of drug-likeness (QED) is 0.500. The Morgan fingerprint density at radius 2 is 2.14 bits per heavy atom. The van der Waals surface area contributed by atoms with E-state index in [1.165, 1.54) is 0 Å². The summed E-state index contributed by atoms with van der Waals surface area (Å²) in [5, 5.41) is 0. The molecule has 0 aliphatic heterocycles. The highest BCUT2D eigenvalue weighted by molar-refractivity contribution is 6.02. The van der Waals surface area contributed by atoms with Gasteiger partial charge in [-0.1, -0.05) is 13.2 Å². The van der Waals surface area contributed by atoms with Crippen molar-refractivity contribution in [1.82, 2.24) is 0 Å². The molecule has 0 aromatic carbocycles. The fraction of sp³-hybridized carbons (Fsp3) is 0. The maximum absolute atomic E-state index is 10.2. The van der Waals surface area contributed by atoms with Crippen molar-refractivity contribution in [2.24, 2.45) is 5.73 Å². The molecule has 0 rings (SSSR count). The first-order chi connectivity index (χ1) is 3.18. The van der Waals surface area contributed by atoms with Gasteiger partial charge in [0.15, 0.2) is 5.78 Å². The maximum Gasteiger partial charge on any atom is 0.200 e. The third kappa shape index (κ3) is 1.76. The Hall–Kier alpha value is -1.05. The summed E-state index contributed by atoms with van der Waals surface area (Å²) in [6, 6.07) is 0. The van der Waals surface area contributed by atoms with E-state index in [1.807, 2.05) is 0 Å². The fourth-order valence-electron chi connectivity index (χ4n) is 0.131. The zero-order valence-corrected chi connectivity index (χ0v) is 3.98. The van der Waals surface area contributed by atoms with Gasteiger partial charge in [0.05, 0.1) is 5.70 Å². The van der Waals surface area contributed by atoms with Crippen LogP contribution in [-0.2, 0) is 4.79 Å². The Morgan fingerprint density at radius 3 is 2.14 bits per heavy atom. The summed E-state index contributed by atoms with van der Waals surface area (Å²) in [5.41, 5.74) is 4.97. The minimum Gasteiger partial charge on any atom is -0.396 e. The SMILES string of the molecule is C=CC(=O)C(=C)N. The molecule has 0 spiro atoms. The summed E-state index contributed by atoms with van der Waals surface area (Å²) in [6.45, 7) is 6.37. The molecule has 0 heterocycles. The zero-order valence-electron chi connectivity index (χ0n) is 3.98. The zero-order chi connectivity index (χ0) is 5.86. The Morgan fingerprint density at radius 1 is 1.71 bits per heavy atom. The molecule has 0 aliphatic carbocycles. The minimum absolute atomic E-state index is 0.0370. The topological polar surface area (TPSA) is 43.1 Å². The number of allylic oxidation sites excluding steroid dienone is 1. The number of hydrogen-bond donors (Lipinski definition) is 1. The molecule has 2 N–H and O–H groups in total. The molecule has 0 aromatic rings. The Kier molecular flexibility index (Phi) is 1.85. The van der Waals surface area contributed by atoms with E-state index in [0.717, 1.165) is 6.08 Å². The highest BCUT2D eigenvalue weighted by atomic mass is 16.1. The van der Waals surface area contributed by atoms with E-state index in [0.29, 0.717) is 0 Å². The van der Waals surface area contributed by atoms with Crippen molar-refractivity contribution < 1.29 is 4.79 Å². The van der Waals surface area contributed by atoms with Crippen LogP contribution in [0.3, 0.4) is 0 Å². The normalized spacial score (nSPS) is 7.43. The number of ketones is 1. The van der Waals surface area contributed by atoms with Crippen LogP contribution in [0.5, 0.6) is 0 Å². The molecule has 2 heteroatoms. The van der Waals surface area contributed by atoms with Crippen LogP contribution in [-0.4, -0.2) is 5.78 Å². The number of carbonyl (C=O) groups excluding carboxylic acids is 1. The molecular weight excluding hydrogens is 90.1 g/mol. The smallest absolute Gasteiger partial charge is 0.200 e. The van der Waals surface area contributed by atoms with Crippen LogP contribution in [0.15, 0.2) is 24.9 Å². The first-order valence-corrected chi connectivity index (χ1v) is 1.79. The van der Waals surface area contributed by atoms with Crippen LogP contribution in [0.2, 0.25) is 0 Å². The van der Waals surface area contributed by atoms with Gasteiger partial charge >= 0.3 is 0 Å². The van der Waals surface area contributed by atoms with Crippen molar-refractivity contribution in [2.45, 2.75) is 0 Å². The van der Waals surface area contributed by atoms with Crippen molar-refractivity contribution >= 4 is 5.78 Å².